The van der Waals surface area contributed by atoms with Crippen LogP contribution in [0.4, 0.5) is 10.1 Å². The summed E-state index contributed by atoms with van der Waals surface area (Å²) in [5, 5.41) is 12.5. The van der Waals surface area contributed by atoms with Crippen molar-refractivity contribution in [3.05, 3.63) is 52.1 Å². The summed E-state index contributed by atoms with van der Waals surface area (Å²) in [5.41, 5.74) is 3.95. The van der Waals surface area contributed by atoms with Crippen LogP contribution in [0, 0.1) is 12.7 Å². The first kappa shape index (κ1) is 27.0. The fourth-order valence-electron chi connectivity index (χ4n) is 5.34. The zero-order chi connectivity index (χ0) is 27.7. The lowest BCUT2D eigenvalue weighted by molar-refractivity contribution is -0.160. The van der Waals surface area contributed by atoms with Crippen LogP contribution in [0.5, 0.6) is 0 Å². The molecule has 1 unspecified atom stereocenters. The molecule has 0 bridgehead atoms. The molecule has 2 amide bonds. The summed E-state index contributed by atoms with van der Waals surface area (Å²) >= 11 is 0. The third-order valence-corrected chi connectivity index (χ3v) is 7.39. The quantitative estimate of drug-likeness (QED) is 0.362. The van der Waals surface area contributed by atoms with Gasteiger partial charge in [0, 0.05) is 48.8 Å². The van der Waals surface area contributed by atoms with Crippen molar-refractivity contribution in [1.82, 2.24) is 14.8 Å². The number of fused-ring (bicyclic) bond motifs is 2. The van der Waals surface area contributed by atoms with Crippen LogP contribution < -0.4 is 5.32 Å². The number of nitrogens with one attached hydrogen (secondary N) is 2. The number of carbonyl (C=O) groups excluding carboxylic acids is 3. The van der Waals surface area contributed by atoms with Gasteiger partial charge in [-0.2, -0.15) is 0 Å². The van der Waals surface area contributed by atoms with E-state index in [0.717, 1.165) is 5.69 Å². The van der Waals surface area contributed by atoms with E-state index in [1.807, 2.05) is 6.92 Å². The van der Waals surface area contributed by atoms with Gasteiger partial charge in [0.05, 0.1) is 30.9 Å². The number of amides is 2. The van der Waals surface area contributed by atoms with Crippen molar-refractivity contribution in [3.63, 3.8) is 0 Å². The highest BCUT2D eigenvalue weighted by Crippen LogP contribution is 2.35. The van der Waals surface area contributed by atoms with Crippen molar-refractivity contribution in [1.29, 1.82) is 0 Å². The summed E-state index contributed by atoms with van der Waals surface area (Å²) < 4.78 is 24.9. The second-order valence-electron chi connectivity index (χ2n) is 10.2. The molecule has 2 aromatic rings. The number of ether oxygens (including phenoxy) is 2. The number of rotatable bonds is 7. The molecule has 2 atom stereocenters. The molecule has 208 valence electrons. The number of aromatic nitrogens is 1. The number of anilines is 1. The average molecular weight is 541 g/mol. The monoisotopic (exact) mass is 540 g/mol. The maximum absolute atomic E-state index is 13.9. The Kier molecular flexibility index (Phi) is 7.83. The Morgan fingerprint density at radius 2 is 2.00 bits per heavy atom. The number of H-pyrrole nitrogens is 1. The van der Waals surface area contributed by atoms with Crippen LogP contribution in [0.1, 0.15) is 46.2 Å². The molecule has 0 radical (unpaired) electrons. The van der Waals surface area contributed by atoms with Crippen LogP contribution in [-0.2, 0) is 25.5 Å². The summed E-state index contributed by atoms with van der Waals surface area (Å²) in [5.74, 6) is -1.69. The van der Waals surface area contributed by atoms with E-state index >= 15 is 0 Å². The van der Waals surface area contributed by atoms with Gasteiger partial charge in [0.25, 0.3) is 11.8 Å². The van der Waals surface area contributed by atoms with Gasteiger partial charge in [0.2, 0.25) is 0 Å². The third-order valence-electron chi connectivity index (χ3n) is 7.39. The Bertz CT molecular complexity index is 1310. The largest absolute Gasteiger partial charge is 0.457 e. The molecule has 1 saturated heterocycles. The zero-order valence-electron chi connectivity index (χ0n) is 22.1. The number of morpholine rings is 1. The number of aliphatic hydroxyl groups is 1. The molecule has 1 aromatic carbocycles. The van der Waals surface area contributed by atoms with E-state index in [1.54, 1.807) is 11.0 Å². The Hall–Kier alpha value is -3.54. The number of aryl methyl sites for hydroxylation is 1. The molecule has 10 nitrogen and oxygen atoms in total. The van der Waals surface area contributed by atoms with Gasteiger partial charge in [-0.05, 0) is 56.5 Å². The first-order chi connectivity index (χ1) is 18.7. The third kappa shape index (κ3) is 5.75. The van der Waals surface area contributed by atoms with E-state index in [2.05, 4.69) is 15.2 Å². The summed E-state index contributed by atoms with van der Waals surface area (Å²) in [6.45, 7) is 6.81. The van der Waals surface area contributed by atoms with Crippen molar-refractivity contribution < 1.29 is 33.4 Å². The summed E-state index contributed by atoms with van der Waals surface area (Å²) in [4.78, 5) is 45.8. The molecule has 3 aliphatic heterocycles. The summed E-state index contributed by atoms with van der Waals surface area (Å²) in [6.07, 6.45) is 1.09. The van der Waals surface area contributed by atoms with Crippen LogP contribution in [-0.4, -0.2) is 95.8 Å². The fraction of sp³-hybridized carbons (Fsp3) is 0.464. The molecule has 0 aliphatic carbocycles. The smallest absolute Gasteiger partial charge is 0.335 e. The number of aliphatic hydroxyl groups excluding tert-OH is 1. The van der Waals surface area contributed by atoms with Gasteiger partial charge in [0.15, 0.2) is 0 Å². The maximum Gasteiger partial charge on any atom is 0.335 e. The molecule has 3 N–H and O–H groups in total. The zero-order valence-corrected chi connectivity index (χ0v) is 22.1. The lowest BCUT2D eigenvalue weighted by Gasteiger charge is -2.33. The van der Waals surface area contributed by atoms with E-state index in [-0.39, 0.29) is 18.4 Å². The molecular weight excluding hydrogens is 507 g/mol. The molecule has 3 aliphatic rings. The van der Waals surface area contributed by atoms with Crippen molar-refractivity contribution in [2.45, 2.75) is 38.9 Å². The summed E-state index contributed by atoms with van der Waals surface area (Å²) in [7, 11) is 0. The van der Waals surface area contributed by atoms with E-state index in [4.69, 9.17) is 9.47 Å². The number of benzene rings is 1. The van der Waals surface area contributed by atoms with Gasteiger partial charge in [0.1, 0.15) is 18.0 Å². The van der Waals surface area contributed by atoms with E-state index in [1.165, 1.54) is 25.1 Å². The van der Waals surface area contributed by atoms with Crippen LogP contribution in [0.25, 0.3) is 11.6 Å². The van der Waals surface area contributed by atoms with E-state index < -0.39 is 24.0 Å². The standard InChI is InChI=1S/C28H33FN4O6/c1-16-24(13-21-20-12-18(29)5-6-22(20)31-26(21)35)30-23-4-3-7-33(27(36)25(16)23)15-19(39-28(37)17(2)34)14-32-8-10-38-11-9-32/h5-6,12-13,17,19,30,34H,3-4,7-11,14-15H2,1-2H3,(H,31,35)/b21-13-/t17?,19-/m1/s1. The van der Waals surface area contributed by atoms with Gasteiger partial charge in [-0.1, -0.05) is 0 Å². The fourth-order valence-corrected chi connectivity index (χ4v) is 5.34. The molecule has 1 fully saturated rings. The van der Waals surface area contributed by atoms with Crippen LogP contribution in [0.3, 0.4) is 0 Å². The second kappa shape index (κ2) is 11.3. The van der Waals surface area contributed by atoms with Gasteiger partial charge >= 0.3 is 5.97 Å². The Morgan fingerprint density at radius 3 is 2.74 bits per heavy atom. The molecule has 11 heteroatoms. The highest BCUT2D eigenvalue weighted by molar-refractivity contribution is 6.34. The Morgan fingerprint density at radius 1 is 1.23 bits per heavy atom. The molecular formula is C28H33FN4O6. The minimum Gasteiger partial charge on any atom is -0.457 e. The molecule has 5 rings (SSSR count). The Labute approximate surface area is 225 Å². The van der Waals surface area contributed by atoms with E-state index in [9.17, 15) is 23.9 Å². The minimum absolute atomic E-state index is 0.185. The average Bonchev–Trinajstić information content (AvgIpc) is 3.32. The molecule has 4 heterocycles. The second-order valence-corrected chi connectivity index (χ2v) is 10.2. The predicted octanol–water partition coefficient (Wildman–Crippen LogP) is 1.97. The van der Waals surface area contributed by atoms with Gasteiger partial charge in [-0.3, -0.25) is 14.5 Å². The normalized spacial score (nSPS) is 20.3. The topological polar surface area (TPSA) is 124 Å². The van der Waals surface area contributed by atoms with Crippen LogP contribution in [0.2, 0.25) is 0 Å². The van der Waals surface area contributed by atoms with Crippen molar-refractivity contribution >= 4 is 35.1 Å². The number of hydrogen-bond donors (Lipinski definition) is 3. The highest BCUT2D eigenvalue weighted by Gasteiger charge is 2.32. The number of aromatic amines is 1. The molecule has 0 saturated carbocycles. The molecule has 0 spiro atoms. The van der Waals surface area contributed by atoms with Gasteiger partial charge in [-0.15, -0.1) is 0 Å². The first-order valence-corrected chi connectivity index (χ1v) is 13.2. The number of esters is 1. The Balaban J connectivity index is 1.40. The minimum atomic E-state index is -1.27. The van der Waals surface area contributed by atoms with Gasteiger partial charge < -0.3 is 29.8 Å². The van der Waals surface area contributed by atoms with Crippen molar-refractivity contribution in [2.24, 2.45) is 0 Å². The van der Waals surface area contributed by atoms with Crippen molar-refractivity contribution in [2.75, 3.05) is 51.3 Å². The van der Waals surface area contributed by atoms with Crippen molar-refractivity contribution in [3.8, 4) is 0 Å². The summed E-state index contributed by atoms with van der Waals surface area (Å²) in [6, 6.07) is 4.14. The van der Waals surface area contributed by atoms with Crippen LogP contribution in [0.15, 0.2) is 18.2 Å². The molecule has 1 aromatic heterocycles. The number of carbonyl (C=O) groups is 3. The predicted molar refractivity (Wildman–Crippen MR) is 141 cm³/mol. The number of hydrogen-bond acceptors (Lipinski definition) is 7. The van der Waals surface area contributed by atoms with E-state index in [0.29, 0.717) is 85.9 Å². The number of halogens is 1. The maximum atomic E-state index is 13.9. The number of nitrogens with zero attached hydrogens (tertiary/aromatic N) is 2. The first-order valence-electron chi connectivity index (χ1n) is 13.2. The van der Waals surface area contributed by atoms with Gasteiger partial charge in [-0.25, -0.2) is 9.18 Å². The molecule has 39 heavy (non-hydrogen) atoms. The lowest BCUT2D eigenvalue weighted by atomic mass is 10.0. The lowest BCUT2D eigenvalue weighted by Crippen LogP contribution is -2.48. The highest BCUT2D eigenvalue weighted by atomic mass is 19.1. The van der Waals surface area contributed by atoms with Crippen LogP contribution >= 0.6 is 0 Å². The SMILES string of the molecule is Cc1c(/C=C2\C(=O)Nc3ccc(F)cc32)[nH]c2c1C(=O)N(C[C@@H](CN1CCOCC1)OC(=O)C(C)O)CCC2.